The number of nitrogens with zero attached hydrogens (tertiary/aromatic N) is 3. The van der Waals surface area contributed by atoms with Crippen molar-refractivity contribution in [2.24, 2.45) is 0 Å². The van der Waals surface area contributed by atoms with Gasteiger partial charge >= 0.3 is 5.97 Å². The second-order valence-corrected chi connectivity index (χ2v) is 5.59. The molecule has 0 atom stereocenters. The van der Waals surface area contributed by atoms with Crippen LogP contribution in [0, 0.1) is 0 Å². The Bertz CT molecular complexity index is 625. The maximum atomic E-state index is 10.8. The number of aryl methyl sites for hydroxylation is 2. The Kier molecular flexibility index (Phi) is 5.38. The molecule has 0 unspecified atom stereocenters. The Morgan fingerprint density at radius 1 is 1.29 bits per heavy atom. The van der Waals surface area contributed by atoms with Crippen molar-refractivity contribution in [2.75, 3.05) is 5.75 Å². The largest absolute Gasteiger partial charge is 0.481 e. The van der Waals surface area contributed by atoms with E-state index in [0.717, 1.165) is 30.8 Å². The predicted octanol–water partition coefficient (Wildman–Crippen LogP) is 2.96. The van der Waals surface area contributed by atoms with Crippen molar-refractivity contribution in [3.63, 3.8) is 0 Å². The molecule has 1 heterocycles. The molecular weight excluding hydrogens is 286 g/mol. The molecule has 1 aromatic heterocycles. The van der Waals surface area contributed by atoms with Gasteiger partial charge in [0.25, 0.3) is 0 Å². The molecule has 2 aromatic rings. The summed E-state index contributed by atoms with van der Waals surface area (Å²) in [6.07, 6.45) is 2.78. The fourth-order valence-corrected chi connectivity index (χ4v) is 2.88. The van der Waals surface area contributed by atoms with Crippen LogP contribution in [0.2, 0.25) is 0 Å². The Balaban J connectivity index is 2.46. The Morgan fingerprint density at radius 2 is 2.05 bits per heavy atom. The van der Waals surface area contributed by atoms with Crippen molar-refractivity contribution in [1.29, 1.82) is 0 Å². The standard InChI is InChI=1S/C15H19N3O2S/c1-3-7-11-8-5-6-9-12(11)18-13(4-2)16-17-15(18)21-10-14(19)20/h5-6,8-9H,3-4,7,10H2,1-2H3,(H,19,20). The smallest absolute Gasteiger partial charge is 0.313 e. The number of carbonyl (C=O) groups is 1. The van der Waals surface area contributed by atoms with Crippen LogP contribution in [0.5, 0.6) is 0 Å². The van der Waals surface area contributed by atoms with Crippen LogP contribution in [0.15, 0.2) is 29.4 Å². The van der Waals surface area contributed by atoms with E-state index in [9.17, 15) is 4.79 Å². The van der Waals surface area contributed by atoms with Gasteiger partial charge in [-0.05, 0) is 18.1 Å². The summed E-state index contributed by atoms with van der Waals surface area (Å²) in [6, 6.07) is 8.15. The maximum absolute atomic E-state index is 10.8. The summed E-state index contributed by atoms with van der Waals surface area (Å²) in [6.45, 7) is 4.17. The van der Waals surface area contributed by atoms with Crippen LogP contribution < -0.4 is 0 Å². The van der Waals surface area contributed by atoms with Crippen molar-refractivity contribution in [2.45, 2.75) is 38.3 Å². The van der Waals surface area contributed by atoms with Crippen molar-refractivity contribution < 1.29 is 9.90 Å². The van der Waals surface area contributed by atoms with Gasteiger partial charge in [0.15, 0.2) is 5.16 Å². The molecule has 0 saturated heterocycles. The number of rotatable bonds is 7. The van der Waals surface area contributed by atoms with E-state index in [1.165, 1.54) is 17.3 Å². The second kappa shape index (κ2) is 7.26. The topological polar surface area (TPSA) is 68.0 Å². The highest BCUT2D eigenvalue weighted by Gasteiger charge is 2.16. The van der Waals surface area contributed by atoms with Gasteiger partial charge in [-0.25, -0.2) is 0 Å². The summed E-state index contributed by atoms with van der Waals surface area (Å²) in [5.41, 5.74) is 2.28. The third-order valence-corrected chi connectivity index (χ3v) is 4.01. The van der Waals surface area contributed by atoms with Crippen LogP contribution in [0.4, 0.5) is 0 Å². The molecule has 0 saturated carbocycles. The van der Waals surface area contributed by atoms with Gasteiger partial charge < -0.3 is 5.11 Å². The fraction of sp³-hybridized carbons (Fsp3) is 0.400. The molecule has 2 rings (SSSR count). The molecule has 0 fully saturated rings. The highest BCUT2D eigenvalue weighted by molar-refractivity contribution is 7.99. The van der Waals surface area contributed by atoms with E-state index in [1.54, 1.807) is 0 Å². The molecule has 112 valence electrons. The van der Waals surface area contributed by atoms with E-state index in [2.05, 4.69) is 23.2 Å². The number of aliphatic carboxylic acids is 1. The van der Waals surface area contributed by atoms with Crippen LogP contribution in [0.25, 0.3) is 5.69 Å². The molecule has 6 heteroatoms. The van der Waals surface area contributed by atoms with Crippen molar-refractivity contribution in [1.82, 2.24) is 14.8 Å². The molecular formula is C15H19N3O2S. The fourth-order valence-electron chi connectivity index (χ4n) is 2.20. The van der Waals surface area contributed by atoms with Crippen molar-refractivity contribution in [3.05, 3.63) is 35.7 Å². The zero-order valence-corrected chi connectivity index (χ0v) is 13.1. The maximum Gasteiger partial charge on any atom is 0.313 e. The highest BCUT2D eigenvalue weighted by Crippen LogP contribution is 2.25. The van der Waals surface area contributed by atoms with E-state index in [1.807, 2.05) is 29.7 Å². The molecule has 0 amide bonds. The lowest BCUT2D eigenvalue weighted by molar-refractivity contribution is -0.133. The number of para-hydroxylation sites is 1. The first kappa shape index (κ1) is 15.6. The van der Waals surface area contributed by atoms with E-state index < -0.39 is 5.97 Å². The van der Waals surface area contributed by atoms with Crippen molar-refractivity contribution >= 4 is 17.7 Å². The number of aromatic nitrogens is 3. The van der Waals surface area contributed by atoms with Gasteiger partial charge in [-0.3, -0.25) is 9.36 Å². The van der Waals surface area contributed by atoms with Crippen molar-refractivity contribution in [3.8, 4) is 5.69 Å². The number of carboxylic acid groups (broad SMARTS) is 1. The summed E-state index contributed by atoms with van der Waals surface area (Å²) in [7, 11) is 0. The van der Waals surface area contributed by atoms with Gasteiger partial charge in [0.1, 0.15) is 5.82 Å². The molecule has 21 heavy (non-hydrogen) atoms. The predicted molar refractivity (Wildman–Crippen MR) is 83.1 cm³/mol. The molecule has 0 aliphatic carbocycles. The summed E-state index contributed by atoms with van der Waals surface area (Å²) < 4.78 is 1.98. The monoisotopic (exact) mass is 305 g/mol. The first-order chi connectivity index (χ1) is 10.2. The molecule has 5 nitrogen and oxygen atoms in total. The molecule has 1 aromatic carbocycles. The van der Waals surface area contributed by atoms with Gasteiger partial charge in [0.2, 0.25) is 0 Å². The van der Waals surface area contributed by atoms with Crippen LogP contribution in [-0.4, -0.2) is 31.6 Å². The summed E-state index contributed by atoms with van der Waals surface area (Å²) in [4.78, 5) is 10.8. The average Bonchev–Trinajstić information content (AvgIpc) is 2.89. The molecule has 0 spiro atoms. The Hall–Kier alpha value is -1.82. The first-order valence-corrected chi connectivity index (χ1v) is 8.03. The number of hydrogen-bond acceptors (Lipinski definition) is 4. The molecule has 0 radical (unpaired) electrons. The zero-order valence-electron chi connectivity index (χ0n) is 12.2. The van der Waals surface area contributed by atoms with Gasteiger partial charge in [0.05, 0.1) is 11.4 Å². The number of hydrogen-bond donors (Lipinski definition) is 1. The molecule has 0 aliphatic heterocycles. The summed E-state index contributed by atoms with van der Waals surface area (Å²) >= 11 is 1.20. The summed E-state index contributed by atoms with van der Waals surface area (Å²) in [5.74, 6) is -0.0153. The van der Waals surface area contributed by atoms with E-state index in [4.69, 9.17) is 5.11 Å². The first-order valence-electron chi connectivity index (χ1n) is 7.04. The number of carboxylic acids is 1. The minimum absolute atomic E-state index is 0.0161. The van der Waals surface area contributed by atoms with Crippen LogP contribution >= 0.6 is 11.8 Å². The van der Waals surface area contributed by atoms with Crippen LogP contribution in [0.3, 0.4) is 0 Å². The molecule has 1 N–H and O–H groups in total. The highest BCUT2D eigenvalue weighted by atomic mass is 32.2. The normalized spacial score (nSPS) is 10.8. The zero-order chi connectivity index (χ0) is 15.2. The molecule has 0 aliphatic rings. The summed E-state index contributed by atoms with van der Waals surface area (Å²) in [5, 5.41) is 17.8. The van der Waals surface area contributed by atoms with Crippen LogP contribution in [-0.2, 0) is 17.6 Å². The quantitative estimate of drug-likeness (QED) is 0.797. The van der Waals surface area contributed by atoms with Crippen LogP contribution in [0.1, 0.15) is 31.7 Å². The van der Waals surface area contributed by atoms with Gasteiger partial charge in [0, 0.05) is 6.42 Å². The SMILES string of the molecule is CCCc1ccccc1-n1c(CC)nnc1SCC(=O)O. The number of benzene rings is 1. The molecule has 0 bridgehead atoms. The lowest BCUT2D eigenvalue weighted by Gasteiger charge is -2.13. The van der Waals surface area contributed by atoms with Gasteiger partial charge in [-0.1, -0.05) is 50.2 Å². The third kappa shape index (κ3) is 3.64. The van der Waals surface area contributed by atoms with E-state index >= 15 is 0 Å². The minimum Gasteiger partial charge on any atom is -0.481 e. The Labute approximate surface area is 128 Å². The Morgan fingerprint density at radius 3 is 2.71 bits per heavy atom. The lowest BCUT2D eigenvalue weighted by Crippen LogP contribution is -2.07. The third-order valence-electron chi connectivity index (χ3n) is 3.09. The number of thioether (sulfide) groups is 1. The van der Waals surface area contributed by atoms with E-state index in [-0.39, 0.29) is 5.75 Å². The minimum atomic E-state index is -0.852. The van der Waals surface area contributed by atoms with Gasteiger partial charge in [-0.2, -0.15) is 0 Å². The second-order valence-electron chi connectivity index (χ2n) is 4.65. The average molecular weight is 305 g/mol. The van der Waals surface area contributed by atoms with E-state index in [0.29, 0.717) is 5.16 Å². The van der Waals surface area contributed by atoms with Gasteiger partial charge in [-0.15, -0.1) is 10.2 Å². The lowest BCUT2D eigenvalue weighted by atomic mass is 10.1.